The van der Waals surface area contributed by atoms with Crippen molar-refractivity contribution in [1.82, 2.24) is 4.90 Å². The molecule has 0 heterocycles. The Labute approximate surface area is 156 Å². The predicted octanol–water partition coefficient (Wildman–Crippen LogP) is 2.87. The van der Waals surface area contributed by atoms with E-state index in [9.17, 15) is 18.4 Å². The first-order chi connectivity index (χ1) is 12.8. The molecule has 2 aromatic rings. The zero-order chi connectivity index (χ0) is 20.0. The molecule has 2 rings (SSSR count). The molecule has 0 fully saturated rings. The smallest absolute Gasteiger partial charge is 0.241 e. The third-order valence-corrected chi connectivity index (χ3v) is 3.97. The molecule has 1 unspecified atom stereocenters. The van der Waals surface area contributed by atoms with Crippen LogP contribution in [0.15, 0.2) is 42.5 Å². The summed E-state index contributed by atoms with van der Waals surface area (Å²) in [6.07, 6.45) is 0. The van der Waals surface area contributed by atoms with Gasteiger partial charge in [-0.25, -0.2) is 8.78 Å². The summed E-state index contributed by atoms with van der Waals surface area (Å²) in [5.74, 6) is -2.18. The van der Waals surface area contributed by atoms with Gasteiger partial charge in [-0.1, -0.05) is 6.07 Å². The van der Waals surface area contributed by atoms with Gasteiger partial charge < -0.3 is 15.4 Å². The van der Waals surface area contributed by atoms with Crippen molar-refractivity contribution in [3.63, 3.8) is 0 Å². The number of carbonyl (C=O) groups is 2. The van der Waals surface area contributed by atoms with Crippen molar-refractivity contribution in [3.05, 3.63) is 54.1 Å². The molecule has 144 valence electrons. The molecule has 0 bridgehead atoms. The lowest BCUT2D eigenvalue weighted by atomic mass is 10.2. The van der Waals surface area contributed by atoms with Crippen molar-refractivity contribution in [1.29, 1.82) is 0 Å². The number of likely N-dealkylation sites (N-methyl/N-ethyl adjacent to an activating group) is 1. The SMILES string of the molecule is COc1cccc(NC(=O)CN(C)C(C)C(=O)Nc2ccc(F)c(F)c2)c1. The van der Waals surface area contributed by atoms with Crippen LogP contribution in [0.3, 0.4) is 0 Å². The monoisotopic (exact) mass is 377 g/mol. The van der Waals surface area contributed by atoms with Gasteiger partial charge in [-0.3, -0.25) is 14.5 Å². The van der Waals surface area contributed by atoms with Crippen LogP contribution in [0, 0.1) is 11.6 Å². The molecule has 6 nitrogen and oxygen atoms in total. The van der Waals surface area contributed by atoms with Crippen LogP contribution in [-0.4, -0.2) is 43.5 Å². The standard InChI is InChI=1S/C19H21F2N3O3/c1-12(19(26)23-14-7-8-16(20)17(21)10-14)24(2)11-18(25)22-13-5-4-6-15(9-13)27-3/h4-10,12H,11H2,1-3H3,(H,22,25)(H,23,26). The molecule has 0 spiro atoms. The first-order valence-corrected chi connectivity index (χ1v) is 8.20. The Balaban J connectivity index is 1.91. The molecule has 0 aromatic heterocycles. The van der Waals surface area contributed by atoms with Crippen LogP contribution in [0.4, 0.5) is 20.2 Å². The Morgan fingerprint density at radius 3 is 2.44 bits per heavy atom. The van der Waals surface area contributed by atoms with Crippen molar-refractivity contribution in [2.75, 3.05) is 31.3 Å². The highest BCUT2D eigenvalue weighted by Gasteiger charge is 2.20. The van der Waals surface area contributed by atoms with E-state index >= 15 is 0 Å². The van der Waals surface area contributed by atoms with Crippen LogP contribution in [0.2, 0.25) is 0 Å². The molecule has 8 heteroatoms. The number of hydrogen-bond acceptors (Lipinski definition) is 4. The highest BCUT2D eigenvalue weighted by Crippen LogP contribution is 2.17. The van der Waals surface area contributed by atoms with E-state index in [-0.39, 0.29) is 18.1 Å². The number of nitrogens with zero attached hydrogens (tertiary/aromatic N) is 1. The summed E-state index contributed by atoms with van der Waals surface area (Å²) in [5.41, 5.74) is 0.714. The zero-order valence-corrected chi connectivity index (χ0v) is 15.3. The first-order valence-electron chi connectivity index (χ1n) is 8.20. The number of amides is 2. The summed E-state index contributed by atoms with van der Waals surface area (Å²) in [7, 11) is 3.14. The lowest BCUT2D eigenvalue weighted by molar-refractivity contribution is -0.122. The van der Waals surface area contributed by atoms with Crippen LogP contribution < -0.4 is 15.4 Å². The largest absolute Gasteiger partial charge is 0.497 e. The summed E-state index contributed by atoms with van der Waals surface area (Å²) in [6.45, 7) is 1.57. The van der Waals surface area contributed by atoms with Crippen molar-refractivity contribution in [2.24, 2.45) is 0 Å². The molecule has 2 N–H and O–H groups in total. The summed E-state index contributed by atoms with van der Waals surface area (Å²) in [4.78, 5) is 26.0. The Hall–Kier alpha value is -3.00. The van der Waals surface area contributed by atoms with Crippen LogP contribution in [-0.2, 0) is 9.59 Å². The number of carbonyl (C=O) groups excluding carboxylic acids is 2. The number of nitrogens with one attached hydrogen (secondary N) is 2. The minimum absolute atomic E-state index is 0.0381. The second kappa shape index (κ2) is 9.09. The van der Waals surface area contributed by atoms with Crippen LogP contribution >= 0.6 is 0 Å². The lowest BCUT2D eigenvalue weighted by Gasteiger charge is -2.23. The van der Waals surface area contributed by atoms with Gasteiger partial charge in [0.05, 0.1) is 19.7 Å². The molecule has 2 amide bonds. The highest BCUT2D eigenvalue weighted by molar-refractivity contribution is 5.96. The normalized spacial score (nSPS) is 11.8. The van der Waals surface area contributed by atoms with E-state index in [1.54, 1.807) is 38.2 Å². The van der Waals surface area contributed by atoms with E-state index in [2.05, 4.69) is 10.6 Å². The number of benzene rings is 2. The van der Waals surface area contributed by atoms with Gasteiger partial charge in [0.1, 0.15) is 5.75 Å². The van der Waals surface area contributed by atoms with Gasteiger partial charge in [-0.15, -0.1) is 0 Å². The molecule has 0 saturated carbocycles. The Morgan fingerprint density at radius 2 is 1.78 bits per heavy atom. The minimum Gasteiger partial charge on any atom is -0.497 e. The van der Waals surface area contributed by atoms with Crippen molar-refractivity contribution < 1.29 is 23.1 Å². The molecular weight excluding hydrogens is 356 g/mol. The van der Waals surface area contributed by atoms with Crippen molar-refractivity contribution >= 4 is 23.2 Å². The second-order valence-corrected chi connectivity index (χ2v) is 5.99. The van der Waals surface area contributed by atoms with Gasteiger partial charge in [-0.05, 0) is 38.2 Å². The van der Waals surface area contributed by atoms with E-state index < -0.39 is 23.6 Å². The molecule has 1 atom stereocenters. The molecule has 0 aliphatic carbocycles. The van der Waals surface area contributed by atoms with Gasteiger partial charge in [0.15, 0.2) is 11.6 Å². The third-order valence-electron chi connectivity index (χ3n) is 3.97. The van der Waals surface area contributed by atoms with Gasteiger partial charge >= 0.3 is 0 Å². The molecule has 0 aliphatic heterocycles. The quantitative estimate of drug-likeness (QED) is 0.779. The Kier molecular flexibility index (Phi) is 6.84. The van der Waals surface area contributed by atoms with Crippen LogP contribution in [0.5, 0.6) is 5.75 Å². The van der Waals surface area contributed by atoms with E-state index in [0.29, 0.717) is 11.4 Å². The highest BCUT2D eigenvalue weighted by atomic mass is 19.2. The fourth-order valence-corrected chi connectivity index (χ4v) is 2.29. The van der Waals surface area contributed by atoms with Gasteiger partial charge in [0, 0.05) is 23.5 Å². The van der Waals surface area contributed by atoms with Gasteiger partial charge in [0.2, 0.25) is 11.8 Å². The topological polar surface area (TPSA) is 70.7 Å². The summed E-state index contributed by atoms with van der Waals surface area (Å²) in [6, 6.07) is 9.32. The van der Waals surface area contributed by atoms with Crippen molar-refractivity contribution in [3.8, 4) is 5.75 Å². The van der Waals surface area contributed by atoms with E-state index in [1.165, 1.54) is 18.1 Å². The van der Waals surface area contributed by atoms with Gasteiger partial charge in [0.25, 0.3) is 0 Å². The van der Waals surface area contributed by atoms with Gasteiger partial charge in [-0.2, -0.15) is 0 Å². The average Bonchev–Trinajstić information content (AvgIpc) is 2.64. The molecule has 0 aliphatic rings. The van der Waals surface area contributed by atoms with E-state index in [0.717, 1.165) is 12.1 Å². The Morgan fingerprint density at radius 1 is 1.07 bits per heavy atom. The number of hydrogen-bond donors (Lipinski definition) is 2. The summed E-state index contributed by atoms with van der Waals surface area (Å²) >= 11 is 0. The average molecular weight is 377 g/mol. The zero-order valence-electron chi connectivity index (χ0n) is 15.3. The summed E-state index contributed by atoms with van der Waals surface area (Å²) < 4.78 is 31.3. The molecule has 2 aromatic carbocycles. The number of ether oxygens (including phenoxy) is 1. The minimum atomic E-state index is -1.05. The molecule has 27 heavy (non-hydrogen) atoms. The first kappa shape index (κ1) is 20.3. The Bertz CT molecular complexity index is 830. The fourth-order valence-electron chi connectivity index (χ4n) is 2.29. The predicted molar refractivity (Wildman–Crippen MR) is 98.7 cm³/mol. The summed E-state index contributed by atoms with van der Waals surface area (Å²) in [5, 5.41) is 5.21. The maximum atomic E-state index is 13.2. The maximum absolute atomic E-state index is 13.2. The maximum Gasteiger partial charge on any atom is 0.241 e. The van der Waals surface area contributed by atoms with Crippen molar-refractivity contribution in [2.45, 2.75) is 13.0 Å². The fraction of sp³-hybridized carbons (Fsp3) is 0.263. The number of methoxy groups -OCH3 is 1. The molecular formula is C19H21F2N3O3. The van der Waals surface area contributed by atoms with E-state index in [4.69, 9.17) is 4.74 Å². The molecule has 0 saturated heterocycles. The lowest BCUT2D eigenvalue weighted by Crippen LogP contribution is -2.43. The van der Waals surface area contributed by atoms with E-state index in [1.807, 2.05) is 0 Å². The molecule has 0 radical (unpaired) electrons. The number of halogens is 2. The number of rotatable bonds is 7. The second-order valence-electron chi connectivity index (χ2n) is 5.99. The van der Waals surface area contributed by atoms with Crippen LogP contribution in [0.1, 0.15) is 6.92 Å². The third kappa shape index (κ3) is 5.75. The number of anilines is 2. The van der Waals surface area contributed by atoms with Crippen LogP contribution in [0.25, 0.3) is 0 Å².